The summed E-state index contributed by atoms with van der Waals surface area (Å²) in [7, 11) is 0. The van der Waals surface area contributed by atoms with E-state index in [1.54, 1.807) is 13.8 Å². The molecule has 0 unspecified atom stereocenters. The fraction of sp³-hybridized carbons (Fsp3) is 0.526. The number of Topliss-reactive ketones (excluding diaryl/α,β-unsaturated/α-hetero) is 1. The highest BCUT2D eigenvalue weighted by atomic mass is 16.6. The second kappa shape index (κ2) is 5.31. The van der Waals surface area contributed by atoms with E-state index in [1.165, 1.54) is 6.08 Å². The number of carbonyl (C=O) groups excluding carboxylic acids is 3. The molecule has 150 valence electrons. The highest BCUT2D eigenvalue weighted by Gasteiger charge is 2.78. The van der Waals surface area contributed by atoms with Crippen LogP contribution in [0.4, 0.5) is 0 Å². The highest BCUT2D eigenvalue weighted by Crippen LogP contribution is 2.68. The van der Waals surface area contributed by atoms with Gasteiger partial charge in [0.1, 0.15) is 17.8 Å². The van der Waals surface area contributed by atoms with Crippen LogP contribution in [0.15, 0.2) is 35.1 Å². The minimum atomic E-state index is -2.58. The molecule has 9 heteroatoms. The zero-order valence-corrected chi connectivity index (χ0v) is 15.3. The Morgan fingerprint density at radius 1 is 1.29 bits per heavy atom. The SMILES string of the molecule is C=C1C(=O)C(O)=C2[C@@](C)([C@@H]3OC(=O)C=C3C)C[C@H]3OC(=O)[C@H](O)[C@]1(O)[C@@]23CO. The molecule has 0 amide bonds. The molecule has 0 aromatic carbocycles. The summed E-state index contributed by atoms with van der Waals surface area (Å²) in [6, 6.07) is 0. The van der Waals surface area contributed by atoms with Gasteiger partial charge in [-0.05, 0) is 18.9 Å². The molecule has 4 aliphatic rings. The summed E-state index contributed by atoms with van der Waals surface area (Å²) in [5, 5.41) is 43.0. The molecule has 0 aromatic heterocycles. The summed E-state index contributed by atoms with van der Waals surface area (Å²) in [6.07, 6.45) is -3.13. The number of aliphatic hydroxyl groups excluding tert-OH is 3. The van der Waals surface area contributed by atoms with Gasteiger partial charge in [-0.3, -0.25) is 4.79 Å². The molecular formula is C19H20O9. The molecule has 4 rings (SSSR count). The van der Waals surface area contributed by atoms with Crippen LogP contribution < -0.4 is 0 Å². The summed E-state index contributed by atoms with van der Waals surface area (Å²) in [5.41, 5.74) is -6.02. The van der Waals surface area contributed by atoms with E-state index in [-0.39, 0.29) is 12.0 Å². The maximum absolute atomic E-state index is 12.7. The Balaban J connectivity index is 2.05. The molecule has 9 nitrogen and oxygen atoms in total. The van der Waals surface area contributed by atoms with Crippen molar-refractivity contribution in [2.45, 2.75) is 44.2 Å². The van der Waals surface area contributed by atoms with Crippen molar-refractivity contribution < 1.29 is 44.3 Å². The monoisotopic (exact) mass is 392 g/mol. The number of cyclic esters (lactones) is 1. The average Bonchev–Trinajstić information content (AvgIpc) is 3.11. The van der Waals surface area contributed by atoms with Gasteiger partial charge in [0.15, 0.2) is 11.9 Å². The second-order valence-electron chi connectivity index (χ2n) is 8.08. The van der Waals surface area contributed by atoms with Crippen LogP contribution in [0, 0.1) is 10.8 Å². The van der Waals surface area contributed by atoms with Crippen LogP contribution in [0.1, 0.15) is 20.3 Å². The van der Waals surface area contributed by atoms with Crippen molar-refractivity contribution in [2.24, 2.45) is 10.8 Å². The molecule has 1 saturated heterocycles. The molecule has 2 aliphatic carbocycles. The van der Waals surface area contributed by atoms with Crippen molar-refractivity contribution in [1.82, 2.24) is 0 Å². The van der Waals surface area contributed by atoms with Gasteiger partial charge in [0.05, 0.1) is 12.0 Å². The minimum absolute atomic E-state index is 0.0720. The van der Waals surface area contributed by atoms with E-state index in [4.69, 9.17) is 9.47 Å². The van der Waals surface area contributed by atoms with E-state index in [0.29, 0.717) is 5.57 Å². The molecule has 28 heavy (non-hydrogen) atoms. The van der Waals surface area contributed by atoms with E-state index in [2.05, 4.69) is 6.58 Å². The third-order valence-electron chi connectivity index (χ3n) is 6.74. The van der Waals surface area contributed by atoms with Crippen molar-refractivity contribution in [3.8, 4) is 0 Å². The number of hydrogen-bond acceptors (Lipinski definition) is 9. The number of hydrogen-bond donors (Lipinski definition) is 4. The van der Waals surface area contributed by atoms with Gasteiger partial charge < -0.3 is 29.9 Å². The van der Waals surface area contributed by atoms with Crippen molar-refractivity contribution in [3.63, 3.8) is 0 Å². The zero-order valence-electron chi connectivity index (χ0n) is 15.3. The van der Waals surface area contributed by atoms with E-state index < -0.39 is 70.4 Å². The maximum Gasteiger partial charge on any atom is 0.338 e. The third kappa shape index (κ3) is 1.75. The highest BCUT2D eigenvalue weighted by molar-refractivity contribution is 6.11. The molecular weight excluding hydrogens is 372 g/mol. The van der Waals surface area contributed by atoms with Gasteiger partial charge in [-0.15, -0.1) is 0 Å². The summed E-state index contributed by atoms with van der Waals surface area (Å²) < 4.78 is 10.7. The largest absolute Gasteiger partial charge is 0.504 e. The Morgan fingerprint density at radius 3 is 2.46 bits per heavy atom. The number of allylic oxidation sites excluding steroid dienone is 1. The smallest absolute Gasteiger partial charge is 0.338 e. The Kier molecular flexibility index (Phi) is 3.58. The first-order valence-corrected chi connectivity index (χ1v) is 8.75. The van der Waals surface area contributed by atoms with Crippen LogP contribution in [0.2, 0.25) is 0 Å². The molecule has 4 N–H and O–H groups in total. The standard InChI is InChI=1S/C19H20O9/c1-7-4-10(21)28-15(7)17(3)5-9-18(6-20)13(17)12(23)11(22)8(2)19(18,26)14(24)16(25)27-9/h4,9,14-15,20,23-24,26H,2,5-6H2,1,3H3/t9-,14+,15-,17+,18-,19+/m1/s1. The van der Waals surface area contributed by atoms with Crippen molar-refractivity contribution in [2.75, 3.05) is 6.61 Å². The molecule has 0 bridgehead atoms. The van der Waals surface area contributed by atoms with Crippen LogP contribution in [0.25, 0.3) is 0 Å². The first-order valence-electron chi connectivity index (χ1n) is 8.75. The first-order chi connectivity index (χ1) is 13.0. The van der Waals surface area contributed by atoms with Gasteiger partial charge in [0.2, 0.25) is 5.78 Å². The number of esters is 2. The van der Waals surface area contributed by atoms with E-state index in [1.807, 2.05) is 0 Å². The van der Waals surface area contributed by atoms with Gasteiger partial charge in [0.25, 0.3) is 0 Å². The van der Waals surface area contributed by atoms with E-state index in [9.17, 15) is 34.8 Å². The predicted molar refractivity (Wildman–Crippen MR) is 90.5 cm³/mol. The molecule has 0 aromatic rings. The lowest BCUT2D eigenvalue weighted by molar-refractivity contribution is -0.231. The van der Waals surface area contributed by atoms with Crippen LogP contribution in [-0.4, -0.2) is 68.7 Å². The van der Waals surface area contributed by atoms with Gasteiger partial charge in [-0.25, -0.2) is 9.59 Å². The second-order valence-corrected chi connectivity index (χ2v) is 8.08. The van der Waals surface area contributed by atoms with Crippen molar-refractivity contribution >= 4 is 17.7 Å². The fourth-order valence-electron chi connectivity index (χ4n) is 5.55. The quantitative estimate of drug-likeness (QED) is 0.350. The maximum atomic E-state index is 12.7. The molecule has 0 radical (unpaired) electrons. The van der Waals surface area contributed by atoms with Gasteiger partial charge in [0, 0.05) is 22.6 Å². The Morgan fingerprint density at radius 2 is 1.93 bits per heavy atom. The Bertz CT molecular complexity index is 914. The van der Waals surface area contributed by atoms with Crippen molar-refractivity contribution in [1.29, 1.82) is 0 Å². The molecule has 2 heterocycles. The van der Waals surface area contributed by atoms with Crippen molar-refractivity contribution in [3.05, 3.63) is 35.1 Å². The van der Waals surface area contributed by atoms with Crippen LogP contribution in [-0.2, 0) is 23.9 Å². The number of ether oxygens (including phenoxy) is 2. The lowest BCUT2D eigenvalue weighted by Gasteiger charge is -2.55. The average molecular weight is 392 g/mol. The lowest BCUT2D eigenvalue weighted by Crippen LogP contribution is -2.72. The molecule has 0 spiro atoms. The predicted octanol–water partition coefficient (Wildman–Crippen LogP) is -0.785. The topological polar surface area (TPSA) is 151 Å². The van der Waals surface area contributed by atoms with Gasteiger partial charge in [-0.1, -0.05) is 13.5 Å². The van der Waals surface area contributed by atoms with Crippen LogP contribution >= 0.6 is 0 Å². The Hall–Kier alpha value is -2.49. The normalized spacial score (nSPS) is 45.0. The molecule has 2 fully saturated rings. The van der Waals surface area contributed by atoms with E-state index in [0.717, 1.165) is 0 Å². The molecule has 2 aliphatic heterocycles. The number of aliphatic hydroxyl groups is 4. The molecule has 1 saturated carbocycles. The third-order valence-corrected chi connectivity index (χ3v) is 6.74. The summed E-state index contributed by atoms with van der Waals surface area (Å²) in [6.45, 7) is 5.83. The summed E-state index contributed by atoms with van der Waals surface area (Å²) >= 11 is 0. The summed E-state index contributed by atoms with van der Waals surface area (Å²) in [4.78, 5) is 36.7. The number of ketones is 1. The molecule has 6 atom stereocenters. The van der Waals surface area contributed by atoms with Gasteiger partial charge in [-0.2, -0.15) is 0 Å². The van der Waals surface area contributed by atoms with Gasteiger partial charge >= 0.3 is 11.9 Å². The van der Waals surface area contributed by atoms with Crippen LogP contribution in [0.3, 0.4) is 0 Å². The Labute approximate surface area is 159 Å². The first kappa shape index (κ1) is 18.9. The number of rotatable bonds is 2. The number of carbonyl (C=O) groups is 3. The van der Waals surface area contributed by atoms with E-state index >= 15 is 0 Å². The summed E-state index contributed by atoms with van der Waals surface area (Å²) in [5.74, 6) is -3.62. The van der Waals surface area contributed by atoms with Crippen LogP contribution in [0.5, 0.6) is 0 Å². The lowest BCUT2D eigenvalue weighted by atomic mass is 9.54. The minimum Gasteiger partial charge on any atom is -0.504 e. The zero-order chi connectivity index (χ0) is 20.8. The fourth-order valence-corrected chi connectivity index (χ4v) is 5.55.